The van der Waals surface area contributed by atoms with Crippen molar-refractivity contribution in [3.05, 3.63) is 24.3 Å². The van der Waals surface area contributed by atoms with Crippen molar-refractivity contribution in [1.29, 1.82) is 0 Å². The first-order valence-electron chi connectivity index (χ1n) is 5.57. The fraction of sp³-hybridized carbons (Fsp3) is 0.615. The molecule has 16 heavy (non-hydrogen) atoms. The second kappa shape index (κ2) is 8.11. The van der Waals surface area contributed by atoms with E-state index >= 15 is 0 Å². The van der Waals surface area contributed by atoms with Crippen molar-refractivity contribution < 1.29 is 14.3 Å². The van der Waals surface area contributed by atoms with Crippen molar-refractivity contribution >= 4 is 5.97 Å². The lowest BCUT2D eigenvalue weighted by Gasteiger charge is -2.13. The summed E-state index contributed by atoms with van der Waals surface area (Å²) in [6.45, 7) is 13.7. The number of rotatable bonds is 8. The Morgan fingerprint density at radius 2 is 2.00 bits per heavy atom. The predicted molar refractivity (Wildman–Crippen MR) is 64.9 cm³/mol. The van der Waals surface area contributed by atoms with Crippen LogP contribution in [0.15, 0.2) is 24.3 Å². The van der Waals surface area contributed by atoms with Crippen LogP contribution < -0.4 is 0 Å². The van der Waals surface area contributed by atoms with Gasteiger partial charge >= 0.3 is 5.97 Å². The van der Waals surface area contributed by atoms with E-state index in [-0.39, 0.29) is 18.7 Å². The van der Waals surface area contributed by atoms with E-state index in [0.29, 0.717) is 12.2 Å². The summed E-state index contributed by atoms with van der Waals surface area (Å²) in [7, 11) is 0. The highest BCUT2D eigenvalue weighted by Gasteiger charge is 2.15. The number of hydrogen-bond acceptors (Lipinski definition) is 3. The molecule has 0 heterocycles. The molecule has 0 aliphatic rings. The Labute approximate surface area is 98.1 Å². The quantitative estimate of drug-likeness (QED) is 0.210. The molecule has 0 saturated carbocycles. The summed E-state index contributed by atoms with van der Waals surface area (Å²) in [4.78, 5) is 11.5. The average Bonchev–Trinajstić information content (AvgIpc) is 2.23. The number of ether oxygens (including phenoxy) is 2. The summed E-state index contributed by atoms with van der Waals surface area (Å²) in [6, 6.07) is 0. The minimum absolute atomic E-state index is 0.0381. The molecular formula is C13H22O3. The molecule has 3 nitrogen and oxygen atoms in total. The largest absolute Gasteiger partial charge is 0.435 e. The molecule has 0 aliphatic carbocycles. The van der Waals surface area contributed by atoms with Crippen LogP contribution in [0.25, 0.3) is 0 Å². The van der Waals surface area contributed by atoms with E-state index in [1.54, 1.807) is 0 Å². The topological polar surface area (TPSA) is 35.5 Å². The Morgan fingerprint density at radius 3 is 2.50 bits per heavy atom. The van der Waals surface area contributed by atoms with Gasteiger partial charge in [0, 0.05) is 5.57 Å². The van der Waals surface area contributed by atoms with Crippen LogP contribution in [0.1, 0.15) is 33.6 Å². The molecule has 0 rings (SSSR count). The molecule has 0 fully saturated rings. The summed E-state index contributed by atoms with van der Waals surface area (Å²) in [5.41, 5.74) is 1.41. The van der Waals surface area contributed by atoms with Gasteiger partial charge in [0.25, 0.3) is 0 Å². The van der Waals surface area contributed by atoms with Crippen LogP contribution in [-0.2, 0) is 14.3 Å². The van der Waals surface area contributed by atoms with E-state index in [9.17, 15) is 4.79 Å². The zero-order chi connectivity index (χ0) is 12.6. The molecular weight excluding hydrogens is 204 g/mol. The number of hydrogen-bond donors (Lipinski definition) is 0. The predicted octanol–water partition coefficient (Wildman–Crippen LogP) is 3.07. The van der Waals surface area contributed by atoms with E-state index in [1.807, 2.05) is 13.8 Å². The fourth-order valence-corrected chi connectivity index (χ4v) is 1.21. The van der Waals surface area contributed by atoms with Gasteiger partial charge in [-0.3, -0.25) is 0 Å². The molecule has 0 bridgehead atoms. The lowest BCUT2D eigenvalue weighted by molar-refractivity contribution is -0.151. The lowest BCUT2D eigenvalue weighted by Crippen LogP contribution is -2.15. The van der Waals surface area contributed by atoms with Gasteiger partial charge in [0.05, 0.1) is 6.61 Å². The standard InChI is InChI=1S/C13H22O3/c1-6-7-11(4)12(5)13(14)16-9-15-8-10(2)3/h11H,2,5-9H2,1,3-4H3. The first kappa shape index (κ1) is 14.9. The van der Waals surface area contributed by atoms with Gasteiger partial charge in [-0.2, -0.15) is 0 Å². The van der Waals surface area contributed by atoms with Gasteiger partial charge in [-0.1, -0.05) is 39.0 Å². The number of esters is 1. The Kier molecular flexibility index (Phi) is 7.56. The molecule has 0 aromatic rings. The minimum atomic E-state index is -0.373. The van der Waals surface area contributed by atoms with Gasteiger partial charge < -0.3 is 9.47 Å². The van der Waals surface area contributed by atoms with Gasteiger partial charge in [0.1, 0.15) is 0 Å². The van der Waals surface area contributed by atoms with Crippen molar-refractivity contribution in [2.75, 3.05) is 13.4 Å². The molecule has 92 valence electrons. The Bertz CT molecular complexity index is 256. The van der Waals surface area contributed by atoms with Gasteiger partial charge in [0.2, 0.25) is 0 Å². The molecule has 0 radical (unpaired) electrons. The first-order valence-corrected chi connectivity index (χ1v) is 5.57. The highest BCUT2D eigenvalue weighted by atomic mass is 16.7. The monoisotopic (exact) mass is 226 g/mol. The third kappa shape index (κ3) is 6.40. The molecule has 0 amide bonds. The first-order chi connectivity index (χ1) is 7.49. The zero-order valence-electron chi connectivity index (χ0n) is 10.5. The van der Waals surface area contributed by atoms with E-state index < -0.39 is 0 Å². The summed E-state index contributed by atoms with van der Waals surface area (Å²) < 4.78 is 9.99. The van der Waals surface area contributed by atoms with Crippen molar-refractivity contribution in [3.63, 3.8) is 0 Å². The molecule has 0 aliphatic heterocycles. The summed E-state index contributed by atoms with van der Waals surface area (Å²) in [5.74, 6) is -0.207. The Morgan fingerprint density at radius 1 is 1.38 bits per heavy atom. The molecule has 1 unspecified atom stereocenters. The van der Waals surface area contributed by atoms with Gasteiger partial charge in [-0.25, -0.2) is 4.79 Å². The smallest absolute Gasteiger partial charge is 0.335 e. The van der Waals surface area contributed by atoms with E-state index in [2.05, 4.69) is 20.1 Å². The van der Waals surface area contributed by atoms with Crippen LogP contribution in [0.5, 0.6) is 0 Å². The van der Waals surface area contributed by atoms with E-state index in [4.69, 9.17) is 9.47 Å². The van der Waals surface area contributed by atoms with Crippen LogP contribution >= 0.6 is 0 Å². The zero-order valence-corrected chi connectivity index (χ0v) is 10.5. The van der Waals surface area contributed by atoms with Crippen LogP contribution in [0.2, 0.25) is 0 Å². The average molecular weight is 226 g/mol. The highest BCUT2D eigenvalue weighted by Crippen LogP contribution is 2.15. The van der Waals surface area contributed by atoms with Gasteiger partial charge in [-0.15, -0.1) is 0 Å². The maximum Gasteiger partial charge on any atom is 0.335 e. The lowest BCUT2D eigenvalue weighted by atomic mass is 9.98. The third-order valence-corrected chi connectivity index (χ3v) is 2.20. The molecule has 0 spiro atoms. The Balaban J connectivity index is 3.79. The van der Waals surface area contributed by atoms with Crippen LogP contribution in [0.4, 0.5) is 0 Å². The normalized spacial score (nSPS) is 11.9. The second-order valence-corrected chi connectivity index (χ2v) is 4.07. The van der Waals surface area contributed by atoms with Crippen molar-refractivity contribution in [3.8, 4) is 0 Å². The maximum atomic E-state index is 11.5. The second-order valence-electron chi connectivity index (χ2n) is 4.07. The molecule has 0 aromatic heterocycles. The third-order valence-electron chi connectivity index (χ3n) is 2.20. The summed E-state index contributed by atoms with van der Waals surface area (Å²) in [5, 5.41) is 0. The van der Waals surface area contributed by atoms with Gasteiger partial charge in [0.15, 0.2) is 6.79 Å². The van der Waals surface area contributed by atoms with Crippen LogP contribution in [0, 0.1) is 5.92 Å². The van der Waals surface area contributed by atoms with Gasteiger partial charge in [-0.05, 0) is 19.3 Å². The summed E-state index contributed by atoms with van der Waals surface area (Å²) in [6.07, 6.45) is 1.97. The van der Waals surface area contributed by atoms with Crippen LogP contribution in [-0.4, -0.2) is 19.4 Å². The SMILES string of the molecule is C=C(C)COCOC(=O)C(=C)C(C)CCC. The van der Waals surface area contributed by atoms with Crippen LogP contribution in [0.3, 0.4) is 0 Å². The van der Waals surface area contributed by atoms with E-state index in [0.717, 1.165) is 18.4 Å². The summed E-state index contributed by atoms with van der Waals surface area (Å²) >= 11 is 0. The maximum absolute atomic E-state index is 11.5. The van der Waals surface area contributed by atoms with E-state index in [1.165, 1.54) is 0 Å². The number of carbonyl (C=O) groups is 1. The fourth-order valence-electron chi connectivity index (χ4n) is 1.21. The number of carbonyl (C=O) groups excluding carboxylic acids is 1. The molecule has 0 aromatic carbocycles. The van der Waals surface area contributed by atoms with Crippen molar-refractivity contribution in [2.45, 2.75) is 33.6 Å². The molecule has 1 atom stereocenters. The van der Waals surface area contributed by atoms with Crippen molar-refractivity contribution in [2.24, 2.45) is 5.92 Å². The molecule has 0 saturated heterocycles. The minimum Gasteiger partial charge on any atom is -0.435 e. The Hall–Kier alpha value is -1.09. The molecule has 3 heteroatoms. The van der Waals surface area contributed by atoms with Crippen molar-refractivity contribution in [1.82, 2.24) is 0 Å². The highest BCUT2D eigenvalue weighted by molar-refractivity contribution is 5.88. The molecule has 0 N–H and O–H groups in total.